The molecule has 2 rings (SSSR count). The molecule has 1 saturated heterocycles. The number of aliphatic hydroxyl groups excluding tert-OH is 1. The second kappa shape index (κ2) is 5.49. The lowest BCUT2D eigenvalue weighted by molar-refractivity contribution is 0.121. The molecular weight excluding hydrogens is 218 g/mol. The van der Waals surface area contributed by atoms with Crippen LogP contribution in [0.3, 0.4) is 0 Å². The summed E-state index contributed by atoms with van der Waals surface area (Å²) >= 11 is 0. The maximum absolute atomic E-state index is 9.67. The van der Waals surface area contributed by atoms with Crippen LogP contribution in [0.25, 0.3) is 0 Å². The maximum Gasteiger partial charge on any atom is 0.119 e. The average molecular weight is 237 g/mol. The molecule has 1 aliphatic rings. The van der Waals surface area contributed by atoms with E-state index < -0.39 is 6.10 Å². The van der Waals surface area contributed by atoms with Crippen LogP contribution in [0, 0.1) is 0 Å². The first-order valence-corrected chi connectivity index (χ1v) is 5.86. The van der Waals surface area contributed by atoms with E-state index in [0.29, 0.717) is 13.2 Å². The predicted molar refractivity (Wildman–Crippen MR) is 65.2 cm³/mol. The van der Waals surface area contributed by atoms with Gasteiger partial charge in [-0.15, -0.1) is 0 Å². The van der Waals surface area contributed by atoms with Crippen LogP contribution in [0.2, 0.25) is 0 Å². The Balaban J connectivity index is 2.00. The van der Waals surface area contributed by atoms with E-state index in [1.54, 1.807) is 7.11 Å². The van der Waals surface area contributed by atoms with Gasteiger partial charge in [0.15, 0.2) is 0 Å². The Morgan fingerprint density at radius 1 is 1.47 bits per heavy atom. The second-order valence-electron chi connectivity index (χ2n) is 4.38. The Kier molecular flexibility index (Phi) is 3.99. The van der Waals surface area contributed by atoms with E-state index in [-0.39, 0.29) is 12.1 Å². The molecule has 0 amide bonds. The van der Waals surface area contributed by atoms with Crippen molar-refractivity contribution in [3.8, 4) is 5.75 Å². The van der Waals surface area contributed by atoms with Crippen molar-refractivity contribution in [2.45, 2.75) is 25.1 Å². The third kappa shape index (κ3) is 2.97. The fraction of sp³-hybridized carbons (Fsp3) is 0.538. The summed E-state index contributed by atoms with van der Waals surface area (Å²) in [4.78, 5) is 0. The van der Waals surface area contributed by atoms with Gasteiger partial charge in [-0.2, -0.15) is 0 Å². The number of hydrogen-bond donors (Lipinski definition) is 2. The summed E-state index contributed by atoms with van der Waals surface area (Å²) in [6.07, 6.45) is -0.414. The second-order valence-corrected chi connectivity index (χ2v) is 4.38. The third-order valence-corrected chi connectivity index (χ3v) is 3.11. The van der Waals surface area contributed by atoms with E-state index in [2.05, 4.69) is 12.2 Å². The van der Waals surface area contributed by atoms with Gasteiger partial charge in [-0.05, 0) is 24.6 Å². The zero-order valence-electron chi connectivity index (χ0n) is 10.2. The summed E-state index contributed by atoms with van der Waals surface area (Å²) in [6.45, 7) is 3.05. The van der Waals surface area contributed by atoms with Crippen molar-refractivity contribution < 1.29 is 14.6 Å². The lowest BCUT2D eigenvalue weighted by atomic mass is 10.1. The minimum absolute atomic E-state index is 0.0104. The molecule has 0 radical (unpaired) electrons. The highest BCUT2D eigenvalue weighted by atomic mass is 16.5. The maximum atomic E-state index is 9.67. The van der Waals surface area contributed by atoms with Gasteiger partial charge in [0.05, 0.1) is 32.5 Å². The monoisotopic (exact) mass is 237 g/mol. The highest BCUT2D eigenvalue weighted by Crippen LogP contribution is 2.20. The molecule has 4 heteroatoms. The predicted octanol–water partition coefficient (Wildman–Crippen LogP) is 1.11. The van der Waals surface area contributed by atoms with Gasteiger partial charge < -0.3 is 19.9 Å². The zero-order valence-corrected chi connectivity index (χ0v) is 10.2. The lowest BCUT2D eigenvalue weighted by Gasteiger charge is -2.21. The van der Waals surface area contributed by atoms with Crippen molar-refractivity contribution in [3.05, 3.63) is 29.8 Å². The summed E-state index contributed by atoms with van der Waals surface area (Å²) in [7, 11) is 1.66. The molecule has 2 unspecified atom stereocenters. The van der Waals surface area contributed by atoms with Gasteiger partial charge in [-0.3, -0.25) is 0 Å². The summed E-state index contributed by atoms with van der Waals surface area (Å²) in [5, 5.41) is 13.0. The number of rotatable bonds is 4. The molecule has 4 nitrogen and oxygen atoms in total. The molecule has 1 aromatic rings. The minimum Gasteiger partial charge on any atom is -0.497 e. The Labute approximate surface area is 102 Å². The SMILES string of the molecule is COc1cccc([C@@H](C)NC2COCC2O)c1. The molecule has 0 spiro atoms. The van der Waals surface area contributed by atoms with Gasteiger partial charge in [0.2, 0.25) is 0 Å². The van der Waals surface area contributed by atoms with Crippen LogP contribution in [-0.4, -0.2) is 37.6 Å². The van der Waals surface area contributed by atoms with Crippen LogP contribution in [0.4, 0.5) is 0 Å². The summed E-state index contributed by atoms with van der Waals surface area (Å²) in [5.41, 5.74) is 1.14. The normalized spacial score (nSPS) is 25.8. The highest BCUT2D eigenvalue weighted by Gasteiger charge is 2.27. The smallest absolute Gasteiger partial charge is 0.119 e. The van der Waals surface area contributed by atoms with Crippen molar-refractivity contribution in [3.63, 3.8) is 0 Å². The largest absolute Gasteiger partial charge is 0.497 e. The van der Waals surface area contributed by atoms with Crippen LogP contribution in [-0.2, 0) is 4.74 Å². The Bertz CT molecular complexity index is 369. The molecule has 17 heavy (non-hydrogen) atoms. The molecule has 0 saturated carbocycles. The molecular formula is C13H19NO3. The molecule has 0 aromatic heterocycles. The molecule has 0 aliphatic carbocycles. The molecule has 1 aromatic carbocycles. The van der Waals surface area contributed by atoms with E-state index >= 15 is 0 Å². The van der Waals surface area contributed by atoms with E-state index in [4.69, 9.17) is 9.47 Å². The fourth-order valence-electron chi connectivity index (χ4n) is 2.03. The Hall–Kier alpha value is -1.10. The number of ether oxygens (including phenoxy) is 2. The van der Waals surface area contributed by atoms with Gasteiger partial charge in [-0.1, -0.05) is 12.1 Å². The van der Waals surface area contributed by atoms with Gasteiger partial charge in [-0.25, -0.2) is 0 Å². The van der Waals surface area contributed by atoms with E-state index in [9.17, 15) is 5.11 Å². The van der Waals surface area contributed by atoms with Gasteiger partial charge >= 0.3 is 0 Å². The molecule has 0 bridgehead atoms. The van der Waals surface area contributed by atoms with Crippen molar-refractivity contribution in [1.82, 2.24) is 5.32 Å². The average Bonchev–Trinajstić information content (AvgIpc) is 2.75. The first kappa shape index (κ1) is 12.4. The zero-order chi connectivity index (χ0) is 12.3. The van der Waals surface area contributed by atoms with Crippen LogP contribution < -0.4 is 10.1 Å². The molecule has 1 heterocycles. The first-order valence-electron chi connectivity index (χ1n) is 5.86. The number of benzene rings is 1. The van der Waals surface area contributed by atoms with E-state index in [1.165, 1.54) is 0 Å². The Morgan fingerprint density at radius 2 is 2.29 bits per heavy atom. The van der Waals surface area contributed by atoms with Crippen molar-refractivity contribution in [2.75, 3.05) is 20.3 Å². The topological polar surface area (TPSA) is 50.7 Å². The van der Waals surface area contributed by atoms with Crippen LogP contribution >= 0.6 is 0 Å². The summed E-state index contributed by atoms with van der Waals surface area (Å²) in [5.74, 6) is 0.847. The summed E-state index contributed by atoms with van der Waals surface area (Å²) < 4.78 is 10.4. The Morgan fingerprint density at radius 3 is 2.94 bits per heavy atom. The van der Waals surface area contributed by atoms with Gasteiger partial charge in [0.25, 0.3) is 0 Å². The standard InChI is InChI=1S/C13H19NO3/c1-9(14-12-7-17-8-13(12)15)10-4-3-5-11(6-10)16-2/h3-6,9,12-15H,7-8H2,1-2H3/t9-,12?,13?/m1/s1. The number of hydrogen-bond acceptors (Lipinski definition) is 4. The van der Waals surface area contributed by atoms with Crippen LogP contribution in [0.15, 0.2) is 24.3 Å². The molecule has 1 fully saturated rings. The first-order chi connectivity index (χ1) is 8.20. The quantitative estimate of drug-likeness (QED) is 0.823. The van der Waals surface area contributed by atoms with Crippen molar-refractivity contribution >= 4 is 0 Å². The van der Waals surface area contributed by atoms with Crippen molar-refractivity contribution in [2.24, 2.45) is 0 Å². The molecule has 1 aliphatic heterocycles. The molecule has 3 atom stereocenters. The number of methoxy groups -OCH3 is 1. The third-order valence-electron chi connectivity index (χ3n) is 3.11. The van der Waals surface area contributed by atoms with Gasteiger partial charge in [0, 0.05) is 6.04 Å². The highest BCUT2D eigenvalue weighted by molar-refractivity contribution is 5.30. The fourth-order valence-corrected chi connectivity index (χ4v) is 2.03. The molecule has 2 N–H and O–H groups in total. The van der Waals surface area contributed by atoms with E-state index in [0.717, 1.165) is 11.3 Å². The van der Waals surface area contributed by atoms with Crippen LogP contribution in [0.1, 0.15) is 18.5 Å². The minimum atomic E-state index is -0.414. The van der Waals surface area contributed by atoms with Crippen molar-refractivity contribution in [1.29, 1.82) is 0 Å². The lowest BCUT2D eigenvalue weighted by Crippen LogP contribution is -2.40. The number of aliphatic hydroxyl groups is 1. The molecule has 94 valence electrons. The van der Waals surface area contributed by atoms with Gasteiger partial charge in [0.1, 0.15) is 5.75 Å². The van der Waals surface area contributed by atoms with Crippen LogP contribution in [0.5, 0.6) is 5.75 Å². The van der Waals surface area contributed by atoms with E-state index in [1.807, 2.05) is 24.3 Å². The number of nitrogens with one attached hydrogen (secondary N) is 1. The summed E-state index contributed by atoms with van der Waals surface area (Å²) in [6, 6.07) is 8.10.